The van der Waals surface area contributed by atoms with E-state index in [1.807, 2.05) is 24.3 Å². The van der Waals surface area contributed by atoms with Crippen LogP contribution in [0.2, 0.25) is 0 Å². The largest absolute Gasteiger partial charge is 0.369 e. The maximum absolute atomic E-state index is 12.0. The Labute approximate surface area is 94.1 Å². The molecule has 3 rings (SSSR count). The summed E-state index contributed by atoms with van der Waals surface area (Å²) < 4.78 is 0. The van der Waals surface area contributed by atoms with E-state index in [1.54, 1.807) is 7.05 Å². The first kappa shape index (κ1) is 9.60. The second-order valence-electron chi connectivity index (χ2n) is 4.37. The number of aliphatic hydroxyl groups is 1. The SMILES string of the molecule is CN1C(=O)C2=C3C(=CC=CC3CC=C2)C1O. The van der Waals surface area contributed by atoms with Gasteiger partial charge in [-0.1, -0.05) is 30.4 Å². The van der Waals surface area contributed by atoms with Gasteiger partial charge >= 0.3 is 0 Å². The van der Waals surface area contributed by atoms with Gasteiger partial charge in [0.25, 0.3) is 5.91 Å². The van der Waals surface area contributed by atoms with Gasteiger partial charge in [0.2, 0.25) is 0 Å². The second-order valence-corrected chi connectivity index (χ2v) is 4.37. The summed E-state index contributed by atoms with van der Waals surface area (Å²) >= 11 is 0. The number of carbonyl (C=O) groups excluding carboxylic acids is 1. The second kappa shape index (κ2) is 3.19. The molecule has 82 valence electrons. The highest BCUT2D eigenvalue weighted by molar-refractivity contribution is 6.00. The minimum atomic E-state index is -0.801. The Morgan fingerprint density at radius 1 is 1.50 bits per heavy atom. The third-order valence-electron chi connectivity index (χ3n) is 3.46. The van der Waals surface area contributed by atoms with Crippen molar-refractivity contribution in [3.05, 3.63) is 47.1 Å². The molecule has 0 spiro atoms. The molecule has 0 aromatic carbocycles. The molecular weight excluding hydrogens is 202 g/mol. The predicted molar refractivity (Wildman–Crippen MR) is 60.3 cm³/mol. The van der Waals surface area contributed by atoms with Crippen molar-refractivity contribution in [1.29, 1.82) is 0 Å². The van der Waals surface area contributed by atoms with Crippen LogP contribution in [0.25, 0.3) is 0 Å². The van der Waals surface area contributed by atoms with Crippen molar-refractivity contribution in [2.24, 2.45) is 5.92 Å². The molecule has 3 nitrogen and oxygen atoms in total. The number of aliphatic hydroxyl groups excluding tert-OH is 1. The average Bonchev–Trinajstić information content (AvgIpc) is 2.33. The summed E-state index contributed by atoms with van der Waals surface area (Å²) in [4.78, 5) is 13.4. The van der Waals surface area contributed by atoms with Crippen molar-refractivity contribution < 1.29 is 9.90 Å². The molecule has 1 heterocycles. The van der Waals surface area contributed by atoms with Crippen LogP contribution in [0.3, 0.4) is 0 Å². The first-order chi connectivity index (χ1) is 7.70. The highest BCUT2D eigenvalue weighted by Gasteiger charge is 2.37. The topological polar surface area (TPSA) is 40.5 Å². The third kappa shape index (κ3) is 1.09. The molecule has 3 heteroatoms. The van der Waals surface area contributed by atoms with Crippen molar-refractivity contribution in [3.8, 4) is 0 Å². The van der Waals surface area contributed by atoms with Gasteiger partial charge in [0.15, 0.2) is 6.23 Å². The van der Waals surface area contributed by atoms with Crippen molar-refractivity contribution in [2.45, 2.75) is 12.6 Å². The molecule has 0 bridgehead atoms. The van der Waals surface area contributed by atoms with Crippen LogP contribution in [0.4, 0.5) is 0 Å². The highest BCUT2D eigenvalue weighted by Crippen LogP contribution is 2.40. The van der Waals surface area contributed by atoms with Gasteiger partial charge in [-0.05, 0) is 12.0 Å². The summed E-state index contributed by atoms with van der Waals surface area (Å²) in [6.07, 6.45) is 9.98. The highest BCUT2D eigenvalue weighted by atomic mass is 16.3. The zero-order valence-electron chi connectivity index (χ0n) is 9.05. The number of nitrogens with zero attached hydrogens (tertiary/aromatic N) is 1. The smallest absolute Gasteiger partial charge is 0.256 e. The van der Waals surface area contributed by atoms with Crippen LogP contribution in [0.15, 0.2) is 47.1 Å². The summed E-state index contributed by atoms with van der Waals surface area (Å²) in [6, 6.07) is 0. The lowest BCUT2D eigenvalue weighted by Gasteiger charge is -2.38. The van der Waals surface area contributed by atoms with Gasteiger partial charge in [0, 0.05) is 24.1 Å². The molecule has 2 aliphatic carbocycles. The third-order valence-corrected chi connectivity index (χ3v) is 3.46. The van der Waals surface area contributed by atoms with Crippen LogP contribution in [0, 0.1) is 5.92 Å². The van der Waals surface area contributed by atoms with E-state index in [-0.39, 0.29) is 11.8 Å². The van der Waals surface area contributed by atoms with Crippen LogP contribution in [-0.4, -0.2) is 29.2 Å². The summed E-state index contributed by atoms with van der Waals surface area (Å²) in [5.41, 5.74) is 2.62. The zero-order chi connectivity index (χ0) is 11.3. The number of amides is 1. The number of likely N-dealkylation sites (N-methyl/N-ethyl adjacent to an activating group) is 1. The van der Waals surface area contributed by atoms with Crippen LogP contribution < -0.4 is 0 Å². The average molecular weight is 215 g/mol. The van der Waals surface area contributed by atoms with Gasteiger partial charge in [0.1, 0.15) is 0 Å². The van der Waals surface area contributed by atoms with E-state index >= 15 is 0 Å². The molecular formula is C13H13NO2. The molecule has 3 aliphatic rings. The molecule has 1 amide bonds. The Morgan fingerprint density at radius 3 is 3.12 bits per heavy atom. The maximum Gasteiger partial charge on any atom is 0.256 e. The number of hydrogen-bond donors (Lipinski definition) is 1. The molecule has 0 fully saturated rings. The quantitative estimate of drug-likeness (QED) is 0.658. The van der Waals surface area contributed by atoms with Crippen molar-refractivity contribution in [3.63, 3.8) is 0 Å². The van der Waals surface area contributed by atoms with Crippen LogP contribution >= 0.6 is 0 Å². The van der Waals surface area contributed by atoms with Gasteiger partial charge in [0.05, 0.1) is 0 Å². The van der Waals surface area contributed by atoms with Gasteiger partial charge in [-0.25, -0.2) is 0 Å². The van der Waals surface area contributed by atoms with Crippen molar-refractivity contribution >= 4 is 5.91 Å². The zero-order valence-corrected chi connectivity index (χ0v) is 9.05. The Kier molecular flexibility index (Phi) is 1.91. The Hall–Kier alpha value is -1.61. The molecule has 0 radical (unpaired) electrons. The molecule has 2 atom stereocenters. The van der Waals surface area contributed by atoms with E-state index in [1.165, 1.54) is 4.90 Å². The number of allylic oxidation sites excluding steroid dienone is 4. The van der Waals surface area contributed by atoms with Gasteiger partial charge in [-0.15, -0.1) is 0 Å². The lowest BCUT2D eigenvalue weighted by Crippen LogP contribution is -2.45. The summed E-state index contributed by atoms with van der Waals surface area (Å²) in [7, 11) is 1.63. The molecule has 0 saturated heterocycles. The van der Waals surface area contributed by atoms with Crippen LogP contribution in [0.1, 0.15) is 6.42 Å². The fourth-order valence-corrected chi connectivity index (χ4v) is 2.59. The summed E-state index contributed by atoms with van der Waals surface area (Å²) in [6.45, 7) is 0. The summed E-state index contributed by atoms with van der Waals surface area (Å²) in [5, 5.41) is 10.0. The number of rotatable bonds is 0. The normalized spacial score (nSPS) is 31.8. The fourth-order valence-electron chi connectivity index (χ4n) is 2.59. The standard InChI is InChI=1S/C13H13NO2/c1-14-12(15)9-6-2-4-8-5-3-7-10(11(8)9)13(14)16/h2-4,6-8,12,15H,5H2,1H3. The van der Waals surface area contributed by atoms with E-state index in [2.05, 4.69) is 6.08 Å². The fraction of sp³-hybridized carbons (Fsp3) is 0.308. The molecule has 0 aromatic rings. The molecule has 0 saturated carbocycles. The van der Waals surface area contributed by atoms with E-state index in [9.17, 15) is 9.90 Å². The number of carbonyl (C=O) groups is 1. The van der Waals surface area contributed by atoms with Gasteiger partial charge < -0.3 is 10.0 Å². The number of hydrogen-bond acceptors (Lipinski definition) is 2. The van der Waals surface area contributed by atoms with Gasteiger partial charge in [-0.2, -0.15) is 0 Å². The summed E-state index contributed by atoms with van der Waals surface area (Å²) in [5.74, 6) is 0.170. The Balaban J connectivity index is 2.24. The first-order valence-electron chi connectivity index (χ1n) is 5.45. The first-order valence-corrected chi connectivity index (χ1v) is 5.45. The van der Waals surface area contributed by atoms with Crippen LogP contribution in [-0.2, 0) is 4.79 Å². The lowest BCUT2D eigenvalue weighted by atomic mass is 9.77. The van der Waals surface area contributed by atoms with E-state index in [0.717, 1.165) is 23.1 Å². The minimum absolute atomic E-state index is 0.0871. The molecule has 1 N–H and O–H groups in total. The van der Waals surface area contributed by atoms with E-state index in [0.29, 0.717) is 0 Å². The van der Waals surface area contributed by atoms with E-state index < -0.39 is 6.23 Å². The predicted octanol–water partition coefficient (Wildman–Crippen LogP) is 1.15. The van der Waals surface area contributed by atoms with E-state index in [4.69, 9.17) is 0 Å². The van der Waals surface area contributed by atoms with Crippen LogP contribution in [0.5, 0.6) is 0 Å². The molecule has 2 unspecified atom stereocenters. The van der Waals surface area contributed by atoms with Gasteiger partial charge in [-0.3, -0.25) is 4.79 Å². The van der Waals surface area contributed by atoms with Crippen molar-refractivity contribution in [2.75, 3.05) is 7.05 Å². The molecule has 16 heavy (non-hydrogen) atoms. The maximum atomic E-state index is 12.0. The molecule has 1 aliphatic heterocycles. The van der Waals surface area contributed by atoms with Crippen molar-refractivity contribution in [1.82, 2.24) is 4.90 Å². The molecule has 0 aromatic heterocycles. The Bertz CT molecular complexity index is 482. The minimum Gasteiger partial charge on any atom is -0.369 e. The monoisotopic (exact) mass is 215 g/mol. The lowest BCUT2D eigenvalue weighted by molar-refractivity contribution is -0.133. The Morgan fingerprint density at radius 2 is 2.31 bits per heavy atom.